The lowest BCUT2D eigenvalue weighted by atomic mass is 10.2. The van der Waals surface area contributed by atoms with Crippen LogP contribution in [0.25, 0.3) is 24.3 Å². The van der Waals surface area contributed by atoms with Gasteiger partial charge in [-0.3, -0.25) is 0 Å². The SMILES string of the molecule is C=Cc1nc(/C=C\CC)c(C=C)nc1/C=C\C. The van der Waals surface area contributed by atoms with E-state index in [4.69, 9.17) is 0 Å². The van der Waals surface area contributed by atoms with Gasteiger partial charge >= 0.3 is 0 Å². The number of nitrogens with zero attached hydrogens (tertiary/aromatic N) is 2. The van der Waals surface area contributed by atoms with Crippen molar-refractivity contribution in [3.05, 3.63) is 48.1 Å². The third-order valence-corrected chi connectivity index (χ3v) is 2.23. The van der Waals surface area contributed by atoms with E-state index in [1.807, 2.05) is 25.2 Å². The Hall–Kier alpha value is -1.96. The third-order valence-electron chi connectivity index (χ3n) is 2.23. The van der Waals surface area contributed by atoms with Gasteiger partial charge in [-0.25, -0.2) is 9.97 Å². The molecule has 0 fully saturated rings. The van der Waals surface area contributed by atoms with Crippen LogP contribution in [0.1, 0.15) is 43.0 Å². The lowest BCUT2D eigenvalue weighted by Crippen LogP contribution is -1.99. The Bertz CT molecular complexity index is 468. The summed E-state index contributed by atoms with van der Waals surface area (Å²) >= 11 is 0. The fraction of sp³-hybridized carbons (Fsp3) is 0.200. The van der Waals surface area contributed by atoms with Crippen LogP contribution in [0.3, 0.4) is 0 Å². The highest BCUT2D eigenvalue weighted by Crippen LogP contribution is 2.14. The number of hydrogen-bond donors (Lipinski definition) is 0. The first-order chi connectivity index (χ1) is 8.26. The standard InChI is InChI=1S/C15H18N2/c1-5-9-11-15-13(8-4)16-14(10-6-2)12(7-3)17-15/h6-11H,3-5H2,1-2H3/b10-6-,11-9-. The minimum absolute atomic E-state index is 0.796. The molecule has 0 unspecified atom stereocenters. The molecule has 0 aliphatic heterocycles. The van der Waals surface area contributed by atoms with Crippen LogP contribution in [-0.4, -0.2) is 9.97 Å². The molecule has 0 N–H and O–H groups in total. The van der Waals surface area contributed by atoms with Gasteiger partial charge < -0.3 is 0 Å². The first-order valence-electron chi connectivity index (χ1n) is 5.72. The predicted molar refractivity (Wildman–Crippen MR) is 76.2 cm³/mol. The number of allylic oxidation sites excluding steroid dienone is 2. The molecule has 88 valence electrons. The lowest BCUT2D eigenvalue weighted by molar-refractivity contribution is 1.12. The second kappa shape index (κ2) is 6.59. The molecule has 0 aliphatic carbocycles. The van der Waals surface area contributed by atoms with E-state index in [9.17, 15) is 0 Å². The van der Waals surface area contributed by atoms with Gasteiger partial charge in [-0.05, 0) is 37.6 Å². The molecule has 0 saturated carbocycles. The minimum atomic E-state index is 0.796. The van der Waals surface area contributed by atoms with Gasteiger partial charge in [-0.2, -0.15) is 0 Å². The van der Waals surface area contributed by atoms with Crippen molar-refractivity contribution >= 4 is 24.3 Å². The second-order valence-electron chi connectivity index (χ2n) is 3.48. The molecule has 0 saturated heterocycles. The van der Waals surface area contributed by atoms with Crippen LogP contribution >= 0.6 is 0 Å². The summed E-state index contributed by atoms with van der Waals surface area (Å²) in [6.07, 6.45) is 12.3. The average molecular weight is 226 g/mol. The van der Waals surface area contributed by atoms with Crippen molar-refractivity contribution in [3.8, 4) is 0 Å². The highest BCUT2D eigenvalue weighted by molar-refractivity contribution is 5.65. The molecule has 0 aromatic carbocycles. The zero-order chi connectivity index (χ0) is 12.7. The van der Waals surface area contributed by atoms with E-state index in [1.54, 1.807) is 12.2 Å². The number of hydrogen-bond acceptors (Lipinski definition) is 2. The molecule has 1 aromatic rings. The smallest absolute Gasteiger partial charge is 0.0891 e. The molecule has 17 heavy (non-hydrogen) atoms. The Morgan fingerprint density at radius 1 is 0.941 bits per heavy atom. The summed E-state index contributed by atoms with van der Waals surface area (Å²) in [6.45, 7) is 11.6. The first-order valence-corrected chi connectivity index (χ1v) is 5.72. The molecule has 0 atom stereocenters. The van der Waals surface area contributed by atoms with Crippen molar-refractivity contribution < 1.29 is 0 Å². The van der Waals surface area contributed by atoms with E-state index in [2.05, 4.69) is 36.1 Å². The molecule has 0 aliphatic rings. The zero-order valence-corrected chi connectivity index (χ0v) is 10.5. The maximum Gasteiger partial charge on any atom is 0.0891 e. The maximum atomic E-state index is 4.53. The molecule has 1 rings (SSSR count). The van der Waals surface area contributed by atoms with Gasteiger partial charge in [-0.1, -0.05) is 32.2 Å². The summed E-state index contributed by atoms with van der Waals surface area (Å²) in [6, 6.07) is 0. The Balaban J connectivity index is 3.36. The molecule has 1 aromatic heterocycles. The fourth-order valence-electron chi connectivity index (χ4n) is 1.42. The summed E-state index contributed by atoms with van der Waals surface area (Å²) in [5, 5.41) is 0. The summed E-state index contributed by atoms with van der Waals surface area (Å²) < 4.78 is 0. The Morgan fingerprint density at radius 3 is 1.88 bits per heavy atom. The Morgan fingerprint density at radius 2 is 1.47 bits per heavy atom. The molecular weight excluding hydrogens is 208 g/mol. The normalized spacial score (nSPS) is 11.2. The highest BCUT2D eigenvalue weighted by atomic mass is 14.8. The van der Waals surface area contributed by atoms with Gasteiger partial charge in [0.2, 0.25) is 0 Å². The minimum Gasteiger partial charge on any atom is -0.245 e. The topological polar surface area (TPSA) is 25.8 Å². The maximum absolute atomic E-state index is 4.53. The summed E-state index contributed by atoms with van der Waals surface area (Å²) in [4.78, 5) is 9.04. The second-order valence-corrected chi connectivity index (χ2v) is 3.48. The molecule has 0 bridgehead atoms. The third kappa shape index (κ3) is 3.25. The van der Waals surface area contributed by atoms with Gasteiger partial charge in [0.05, 0.1) is 22.8 Å². The van der Waals surface area contributed by atoms with Crippen molar-refractivity contribution in [2.24, 2.45) is 0 Å². The molecule has 1 heterocycles. The van der Waals surface area contributed by atoms with E-state index in [-0.39, 0.29) is 0 Å². The number of aromatic nitrogens is 2. The van der Waals surface area contributed by atoms with Gasteiger partial charge in [0, 0.05) is 0 Å². The van der Waals surface area contributed by atoms with Crippen molar-refractivity contribution in [3.63, 3.8) is 0 Å². The van der Waals surface area contributed by atoms with E-state index in [0.717, 1.165) is 29.2 Å². The van der Waals surface area contributed by atoms with Crippen LogP contribution in [0.5, 0.6) is 0 Å². The lowest BCUT2D eigenvalue weighted by Gasteiger charge is -2.05. The van der Waals surface area contributed by atoms with E-state index >= 15 is 0 Å². The molecule has 0 spiro atoms. The van der Waals surface area contributed by atoms with Crippen LogP contribution < -0.4 is 0 Å². The van der Waals surface area contributed by atoms with Crippen LogP contribution in [0.15, 0.2) is 25.3 Å². The van der Waals surface area contributed by atoms with Crippen LogP contribution in [0.4, 0.5) is 0 Å². The van der Waals surface area contributed by atoms with Crippen LogP contribution in [0, 0.1) is 0 Å². The van der Waals surface area contributed by atoms with Crippen molar-refractivity contribution in [1.29, 1.82) is 0 Å². The first kappa shape index (κ1) is 13.1. The van der Waals surface area contributed by atoms with Gasteiger partial charge in [0.25, 0.3) is 0 Å². The van der Waals surface area contributed by atoms with Gasteiger partial charge in [0.1, 0.15) is 0 Å². The highest BCUT2D eigenvalue weighted by Gasteiger charge is 2.05. The van der Waals surface area contributed by atoms with E-state index in [1.165, 1.54) is 0 Å². The Labute approximate surface area is 103 Å². The molecule has 0 amide bonds. The van der Waals surface area contributed by atoms with Crippen molar-refractivity contribution in [2.75, 3.05) is 0 Å². The van der Waals surface area contributed by atoms with Crippen molar-refractivity contribution in [1.82, 2.24) is 9.97 Å². The number of rotatable bonds is 5. The largest absolute Gasteiger partial charge is 0.245 e. The molecule has 0 radical (unpaired) electrons. The molecule has 2 heteroatoms. The Kier molecular flexibility index (Phi) is 5.08. The summed E-state index contributed by atoms with van der Waals surface area (Å²) in [5.41, 5.74) is 3.26. The predicted octanol–water partition coefficient (Wildman–Crippen LogP) is 4.22. The van der Waals surface area contributed by atoms with Crippen LogP contribution in [-0.2, 0) is 0 Å². The quantitative estimate of drug-likeness (QED) is 0.751. The van der Waals surface area contributed by atoms with Gasteiger partial charge in [0.15, 0.2) is 0 Å². The van der Waals surface area contributed by atoms with Crippen molar-refractivity contribution in [2.45, 2.75) is 20.3 Å². The zero-order valence-electron chi connectivity index (χ0n) is 10.5. The fourth-order valence-corrected chi connectivity index (χ4v) is 1.42. The molecule has 2 nitrogen and oxygen atoms in total. The molecular formula is C15H18N2. The van der Waals surface area contributed by atoms with E-state index in [0.29, 0.717) is 0 Å². The average Bonchev–Trinajstić information content (AvgIpc) is 2.36. The van der Waals surface area contributed by atoms with Crippen LogP contribution in [0.2, 0.25) is 0 Å². The van der Waals surface area contributed by atoms with Gasteiger partial charge in [-0.15, -0.1) is 0 Å². The summed E-state index contributed by atoms with van der Waals surface area (Å²) in [7, 11) is 0. The van der Waals surface area contributed by atoms with E-state index < -0.39 is 0 Å². The summed E-state index contributed by atoms with van der Waals surface area (Å²) in [5.74, 6) is 0. The monoisotopic (exact) mass is 226 g/mol.